The molecule has 2 aliphatic rings. The first kappa shape index (κ1) is 24.4. The fourth-order valence-electron chi connectivity index (χ4n) is 3.95. The Bertz CT molecular complexity index is 1180. The quantitative estimate of drug-likeness (QED) is 0.417. The Hall–Kier alpha value is -3.72. The molecular formula is C26H27N3O5S. The topological polar surface area (TPSA) is 89.5 Å². The van der Waals surface area contributed by atoms with Crippen LogP contribution in [0.1, 0.15) is 24.9 Å². The van der Waals surface area contributed by atoms with Crippen molar-refractivity contribution in [3.8, 4) is 11.5 Å². The summed E-state index contributed by atoms with van der Waals surface area (Å²) >= 11 is 1.43. The summed E-state index contributed by atoms with van der Waals surface area (Å²) in [4.78, 5) is 32.1. The Morgan fingerprint density at radius 3 is 2.49 bits per heavy atom. The van der Waals surface area contributed by atoms with Crippen LogP contribution in [0, 0.1) is 0 Å². The molecule has 9 heteroatoms. The maximum atomic E-state index is 12.8. The maximum Gasteiger partial charge on any atom is 0.338 e. The monoisotopic (exact) mass is 493 g/mol. The van der Waals surface area contributed by atoms with Gasteiger partial charge in [0.1, 0.15) is 18.1 Å². The van der Waals surface area contributed by atoms with Gasteiger partial charge in [-0.25, -0.2) is 9.79 Å². The molecule has 0 unspecified atom stereocenters. The predicted molar refractivity (Wildman–Crippen MR) is 135 cm³/mol. The van der Waals surface area contributed by atoms with E-state index in [2.05, 4.69) is 10.3 Å². The summed E-state index contributed by atoms with van der Waals surface area (Å²) in [7, 11) is 2.96. The van der Waals surface area contributed by atoms with E-state index in [1.54, 1.807) is 14.0 Å². The lowest BCUT2D eigenvalue weighted by Gasteiger charge is -2.36. The largest absolute Gasteiger partial charge is 0.497 e. The molecule has 182 valence electrons. The molecular weight excluding hydrogens is 466 g/mol. The highest BCUT2D eigenvalue weighted by Crippen LogP contribution is 2.44. The third-order valence-electron chi connectivity index (χ3n) is 5.62. The molecule has 1 amide bonds. The molecule has 0 aliphatic carbocycles. The molecule has 0 saturated carbocycles. The van der Waals surface area contributed by atoms with Crippen molar-refractivity contribution in [3.63, 3.8) is 0 Å². The fraction of sp³-hybridized carbons (Fsp3) is 0.269. The van der Waals surface area contributed by atoms with Crippen LogP contribution in [0.3, 0.4) is 0 Å². The minimum Gasteiger partial charge on any atom is -0.497 e. The second-order valence-electron chi connectivity index (χ2n) is 7.85. The average Bonchev–Trinajstić information content (AvgIpc) is 3.27. The van der Waals surface area contributed by atoms with Crippen LogP contribution in [-0.2, 0) is 14.3 Å². The third kappa shape index (κ3) is 5.51. The van der Waals surface area contributed by atoms with E-state index >= 15 is 0 Å². The number of benzene rings is 2. The van der Waals surface area contributed by atoms with Crippen LogP contribution in [0.2, 0.25) is 0 Å². The molecule has 8 nitrogen and oxygen atoms in total. The van der Waals surface area contributed by atoms with Crippen molar-refractivity contribution in [2.45, 2.75) is 19.4 Å². The number of hydrogen-bond acceptors (Lipinski definition) is 8. The van der Waals surface area contributed by atoms with E-state index in [4.69, 9.17) is 14.2 Å². The molecule has 0 spiro atoms. The predicted octanol–water partition coefficient (Wildman–Crippen LogP) is 4.03. The Labute approximate surface area is 208 Å². The van der Waals surface area contributed by atoms with Gasteiger partial charge in [-0.15, -0.1) is 0 Å². The number of methoxy groups -OCH3 is 2. The zero-order valence-corrected chi connectivity index (χ0v) is 20.6. The van der Waals surface area contributed by atoms with Gasteiger partial charge < -0.3 is 24.4 Å². The van der Waals surface area contributed by atoms with Crippen LogP contribution in [0.15, 0.2) is 82.0 Å². The number of hydrogen-bond donors (Lipinski definition) is 1. The lowest BCUT2D eigenvalue weighted by atomic mass is 9.94. The number of thioether (sulfide) groups is 1. The van der Waals surface area contributed by atoms with Crippen LogP contribution in [0.5, 0.6) is 11.5 Å². The number of carbonyl (C=O) groups excluding carboxylic acids is 2. The Morgan fingerprint density at radius 2 is 1.80 bits per heavy atom. The molecule has 0 bridgehead atoms. The number of nitrogens with zero attached hydrogens (tertiary/aromatic N) is 2. The van der Waals surface area contributed by atoms with Gasteiger partial charge in [0.15, 0.2) is 5.17 Å². The number of amides is 1. The van der Waals surface area contributed by atoms with Crippen molar-refractivity contribution in [3.05, 3.63) is 82.5 Å². The highest BCUT2D eigenvalue weighted by molar-refractivity contribution is 8.16. The lowest BCUT2D eigenvalue weighted by molar-refractivity contribution is -0.136. The summed E-state index contributed by atoms with van der Waals surface area (Å²) in [6, 6.07) is 16.5. The van der Waals surface area contributed by atoms with E-state index in [9.17, 15) is 9.59 Å². The van der Waals surface area contributed by atoms with Crippen molar-refractivity contribution in [1.29, 1.82) is 0 Å². The Kier molecular flexibility index (Phi) is 7.77. The summed E-state index contributed by atoms with van der Waals surface area (Å²) in [6.45, 7) is 2.54. The van der Waals surface area contributed by atoms with Crippen LogP contribution in [0.25, 0.3) is 0 Å². The number of ether oxygens (including phenoxy) is 3. The zero-order valence-electron chi connectivity index (χ0n) is 19.8. The van der Waals surface area contributed by atoms with Gasteiger partial charge >= 0.3 is 5.97 Å². The van der Waals surface area contributed by atoms with Gasteiger partial charge in [0.2, 0.25) is 5.91 Å². The minimum atomic E-state index is -0.476. The average molecular weight is 494 g/mol. The molecule has 1 N–H and O–H groups in total. The fourth-order valence-corrected chi connectivity index (χ4v) is 4.91. The first-order valence-electron chi connectivity index (χ1n) is 11.1. The standard InChI is InChI=1S/C26H27N3O5S/c1-17-23(25(31)33-3)24(18-9-11-20(32-2)12-10-18)29-19(16-35-26(29)28-17)15-22(30)27-13-14-34-21-7-5-4-6-8-21/h4-12,16,24H,13-15H2,1-3H3,(H,27,30)/t24-/m0/s1. The van der Waals surface area contributed by atoms with Gasteiger partial charge in [-0.1, -0.05) is 42.1 Å². The summed E-state index contributed by atoms with van der Waals surface area (Å²) in [6.07, 6.45) is 0.136. The molecule has 4 rings (SSSR count). The van der Waals surface area contributed by atoms with Gasteiger partial charge in [0, 0.05) is 5.70 Å². The number of para-hydroxylation sites is 1. The smallest absolute Gasteiger partial charge is 0.338 e. The van der Waals surface area contributed by atoms with Crippen molar-refractivity contribution < 1.29 is 23.8 Å². The number of nitrogens with one attached hydrogen (secondary N) is 1. The zero-order chi connectivity index (χ0) is 24.8. The molecule has 0 aromatic heterocycles. The summed E-state index contributed by atoms with van der Waals surface area (Å²) in [5.41, 5.74) is 2.65. The van der Waals surface area contributed by atoms with E-state index in [1.807, 2.05) is 64.9 Å². The normalized spacial score (nSPS) is 16.8. The molecule has 2 aliphatic heterocycles. The Balaban J connectivity index is 1.49. The van der Waals surface area contributed by atoms with Crippen LogP contribution < -0.4 is 14.8 Å². The molecule has 35 heavy (non-hydrogen) atoms. The molecule has 0 fully saturated rings. The van der Waals surface area contributed by atoms with Crippen LogP contribution in [0.4, 0.5) is 0 Å². The molecule has 2 heterocycles. The Morgan fingerprint density at radius 1 is 1.06 bits per heavy atom. The van der Waals surface area contributed by atoms with Crippen molar-refractivity contribution in [2.75, 3.05) is 27.4 Å². The van der Waals surface area contributed by atoms with Crippen molar-refractivity contribution >= 4 is 28.8 Å². The summed E-state index contributed by atoms with van der Waals surface area (Å²) in [5.74, 6) is 0.868. The lowest BCUT2D eigenvalue weighted by Crippen LogP contribution is -2.38. The number of amidine groups is 1. The number of allylic oxidation sites excluding steroid dienone is 1. The number of carbonyl (C=O) groups is 2. The van der Waals surface area contributed by atoms with Gasteiger partial charge in [-0.2, -0.15) is 0 Å². The highest BCUT2D eigenvalue weighted by Gasteiger charge is 2.40. The van der Waals surface area contributed by atoms with Gasteiger partial charge in [-0.05, 0) is 42.2 Å². The van der Waals surface area contributed by atoms with E-state index in [-0.39, 0.29) is 12.3 Å². The van der Waals surface area contributed by atoms with E-state index < -0.39 is 12.0 Å². The van der Waals surface area contributed by atoms with E-state index in [0.29, 0.717) is 35.3 Å². The van der Waals surface area contributed by atoms with Crippen LogP contribution in [-0.4, -0.2) is 49.3 Å². The van der Waals surface area contributed by atoms with E-state index in [1.165, 1.54) is 18.9 Å². The molecule has 0 radical (unpaired) electrons. The maximum absolute atomic E-state index is 12.8. The van der Waals surface area contributed by atoms with Gasteiger partial charge in [0.05, 0.1) is 44.5 Å². The first-order chi connectivity index (χ1) is 17.0. The van der Waals surface area contributed by atoms with Gasteiger partial charge in [0.25, 0.3) is 0 Å². The van der Waals surface area contributed by atoms with Crippen molar-refractivity contribution in [1.82, 2.24) is 10.2 Å². The summed E-state index contributed by atoms with van der Waals surface area (Å²) < 4.78 is 16.0. The number of fused-ring (bicyclic) bond motifs is 1. The molecule has 2 aromatic rings. The first-order valence-corrected chi connectivity index (χ1v) is 12.0. The molecule has 1 atom stereocenters. The number of rotatable bonds is 9. The van der Waals surface area contributed by atoms with E-state index in [0.717, 1.165) is 17.0 Å². The minimum absolute atomic E-state index is 0.136. The highest BCUT2D eigenvalue weighted by atomic mass is 32.2. The second-order valence-corrected chi connectivity index (χ2v) is 8.68. The summed E-state index contributed by atoms with van der Waals surface area (Å²) in [5, 5.41) is 5.52. The number of aliphatic imine (C=N–C) groups is 1. The van der Waals surface area contributed by atoms with Gasteiger partial charge in [-0.3, -0.25) is 4.79 Å². The molecule has 0 saturated heterocycles. The molecule has 2 aromatic carbocycles. The number of esters is 1. The van der Waals surface area contributed by atoms with Crippen LogP contribution >= 0.6 is 11.8 Å². The SMILES string of the molecule is COC(=O)C1=C(C)N=C2SC=C(CC(=O)NCCOc3ccccc3)N2[C@H]1c1ccc(OC)cc1. The third-order valence-corrected chi connectivity index (χ3v) is 6.50. The second kappa shape index (κ2) is 11.1. The van der Waals surface area contributed by atoms with Crippen molar-refractivity contribution in [2.24, 2.45) is 4.99 Å².